The van der Waals surface area contributed by atoms with E-state index in [-0.39, 0.29) is 11.9 Å². The third-order valence-electron chi connectivity index (χ3n) is 2.73. The van der Waals surface area contributed by atoms with Crippen molar-refractivity contribution in [3.8, 4) is 0 Å². The zero-order valence-electron chi connectivity index (χ0n) is 11.1. The number of amides is 2. The van der Waals surface area contributed by atoms with E-state index >= 15 is 0 Å². The van der Waals surface area contributed by atoms with Crippen molar-refractivity contribution in [2.24, 2.45) is 5.73 Å². The number of nitrogens with two attached hydrogens (primary N) is 1. The van der Waals surface area contributed by atoms with E-state index in [9.17, 15) is 4.79 Å². The first-order valence-corrected chi connectivity index (χ1v) is 6.14. The zero-order valence-corrected chi connectivity index (χ0v) is 11.1. The molecule has 20 heavy (non-hydrogen) atoms. The monoisotopic (exact) mass is 268 g/mol. The van der Waals surface area contributed by atoms with Gasteiger partial charge in [-0.1, -0.05) is 12.1 Å². The molecule has 0 aliphatic rings. The van der Waals surface area contributed by atoms with E-state index in [4.69, 9.17) is 11.1 Å². The fourth-order valence-corrected chi connectivity index (χ4v) is 1.75. The highest BCUT2D eigenvalue weighted by molar-refractivity contribution is 6.00. The quantitative estimate of drug-likeness (QED) is 0.509. The van der Waals surface area contributed by atoms with Crippen LogP contribution >= 0.6 is 0 Å². The van der Waals surface area contributed by atoms with Gasteiger partial charge in [0.05, 0.1) is 0 Å². The van der Waals surface area contributed by atoms with Gasteiger partial charge < -0.3 is 16.4 Å². The number of urea groups is 1. The van der Waals surface area contributed by atoms with Crippen LogP contribution in [0, 0.1) is 12.3 Å². The summed E-state index contributed by atoms with van der Waals surface area (Å²) in [5, 5.41) is 12.8. The Labute approximate surface area is 117 Å². The van der Waals surface area contributed by atoms with Gasteiger partial charge in [-0.25, -0.2) is 4.79 Å². The van der Waals surface area contributed by atoms with Gasteiger partial charge in [-0.15, -0.1) is 0 Å². The Balaban J connectivity index is 1.99. The molecule has 0 aromatic heterocycles. The predicted octanol–water partition coefficient (Wildman–Crippen LogP) is 2.92. The highest BCUT2D eigenvalue weighted by Crippen LogP contribution is 2.12. The van der Waals surface area contributed by atoms with Crippen LogP contribution in [0.25, 0.3) is 0 Å². The molecule has 5 nitrogen and oxygen atoms in total. The molecule has 0 aliphatic carbocycles. The molecule has 0 saturated carbocycles. The van der Waals surface area contributed by atoms with Gasteiger partial charge in [-0.05, 0) is 48.9 Å². The molecule has 5 heteroatoms. The van der Waals surface area contributed by atoms with Crippen molar-refractivity contribution in [2.45, 2.75) is 6.92 Å². The fraction of sp³-hybridized carbons (Fsp3) is 0.0667. The number of carbonyl (C=O) groups is 1. The number of carbonyl (C=O) groups excluding carboxylic acids is 1. The lowest BCUT2D eigenvalue weighted by Gasteiger charge is -2.08. The third kappa shape index (κ3) is 3.58. The minimum atomic E-state index is -0.314. The Kier molecular flexibility index (Phi) is 4.00. The molecule has 2 aromatic carbocycles. The van der Waals surface area contributed by atoms with E-state index < -0.39 is 0 Å². The molecular weight excluding hydrogens is 252 g/mol. The normalized spacial score (nSPS) is 9.85. The largest absolute Gasteiger partial charge is 0.384 e. The second-order valence-corrected chi connectivity index (χ2v) is 4.44. The molecule has 2 rings (SSSR count). The number of aryl methyl sites for hydroxylation is 1. The number of nitrogens with one attached hydrogen (secondary N) is 3. The first kappa shape index (κ1) is 13.6. The Bertz CT molecular complexity index is 635. The van der Waals surface area contributed by atoms with Crippen molar-refractivity contribution in [1.82, 2.24) is 0 Å². The average Bonchev–Trinajstić information content (AvgIpc) is 2.39. The second kappa shape index (κ2) is 5.88. The highest BCUT2D eigenvalue weighted by Gasteiger charge is 2.03. The van der Waals surface area contributed by atoms with E-state index in [0.717, 1.165) is 11.3 Å². The van der Waals surface area contributed by atoms with Crippen LogP contribution < -0.4 is 16.4 Å². The summed E-state index contributed by atoms with van der Waals surface area (Å²) in [5.41, 5.74) is 8.44. The maximum Gasteiger partial charge on any atom is 0.323 e. The van der Waals surface area contributed by atoms with Crippen molar-refractivity contribution in [3.63, 3.8) is 0 Å². The zero-order chi connectivity index (χ0) is 14.5. The van der Waals surface area contributed by atoms with Gasteiger partial charge in [0.2, 0.25) is 0 Å². The van der Waals surface area contributed by atoms with Gasteiger partial charge in [-0.2, -0.15) is 0 Å². The van der Waals surface area contributed by atoms with Crippen molar-refractivity contribution >= 4 is 23.2 Å². The number of amidine groups is 1. The van der Waals surface area contributed by atoms with Gasteiger partial charge in [0.1, 0.15) is 5.84 Å². The van der Waals surface area contributed by atoms with Crippen LogP contribution in [0.1, 0.15) is 11.1 Å². The average molecular weight is 268 g/mol. The molecule has 0 radical (unpaired) electrons. The van der Waals surface area contributed by atoms with Gasteiger partial charge in [-0.3, -0.25) is 5.41 Å². The van der Waals surface area contributed by atoms with Gasteiger partial charge in [0, 0.05) is 16.9 Å². The number of hydrogen-bond donors (Lipinski definition) is 4. The lowest BCUT2D eigenvalue weighted by molar-refractivity contribution is 0.262. The van der Waals surface area contributed by atoms with Crippen LogP contribution in [0.15, 0.2) is 48.5 Å². The topological polar surface area (TPSA) is 91.0 Å². The summed E-state index contributed by atoms with van der Waals surface area (Å²) in [4.78, 5) is 11.8. The van der Waals surface area contributed by atoms with Crippen molar-refractivity contribution in [3.05, 3.63) is 59.7 Å². The van der Waals surface area contributed by atoms with E-state index in [2.05, 4.69) is 10.6 Å². The van der Waals surface area contributed by atoms with Crippen molar-refractivity contribution < 1.29 is 4.79 Å². The van der Waals surface area contributed by atoms with Crippen LogP contribution in [0.3, 0.4) is 0 Å². The molecule has 2 amide bonds. The molecule has 102 valence electrons. The van der Waals surface area contributed by atoms with Crippen LogP contribution in [-0.4, -0.2) is 11.9 Å². The molecule has 0 aliphatic heterocycles. The minimum absolute atomic E-state index is 0.000706. The lowest BCUT2D eigenvalue weighted by Crippen LogP contribution is -2.19. The first-order valence-electron chi connectivity index (χ1n) is 6.14. The molecular formula is C15H16N4O. The first-order chi connectivity index (χ1) is 9.54. The Hall–Kier alpha value is -2.82. The molecule has 0 bridgehead atoms. The van der Waals surface area contributed by atoms with Gasteiger partial charge >= 0.3 is 6.03 Å². The van der Waals surface area contributed by atoms with Crippen molar-refractivity contribution in [1.29, 1.82) is 5.41 Å². The molecule has 0 atom stereocenters. The summed E-state index contributed by atoms with van der Waals surface area (Å²) in [7, 11) is 0. The second-order valence-electron chi connectivity index (χ2n) is 4.44. The molecule has 5 N–H and O–H groups in total. The SMILES string of the molecule is Cc1cccc(NC(=O)Nc2ccc(C(=N)N)cc2)c1. The number of nitrogen functional groups attached to an aromatic ring is 1. The summed E-state index contributed by atoms with van der Waals surface area (Å²) in [5.74, 6) is 0.000706. The number of rotatable bonds is 3. The van der Waals surface area contributed by atoms with E-state index in [1.54, 1.807) is 24.3 Å². The summed E-state index contributed by atoms with van der Waals surface area (Å²) in [6.07, 6.45) is 0. The summed E-state index contributed by atoms with van der Waals surface area (Å²) in [6.45, 7) is 1.96. The van der Waals surface area contributed by atoms with Crippen molar-refractivity contribution in [2.75, 3.05) is 10.6 Å². The summed E-state index contributed by atoms with van der Waals surface area (Å²) < 4.78 is 0. The molecule has 0 unspecified atom stereocenters. The Morgan fingerprint density at radius 1 is 1.05 bits per heavy atom. The minimum Gasteiger partial charge on any atom is -0.384 e. The molecule has 0 spiro atoms. The van der Waals surface area contributed by atoms with Crippen LogP contribution in [0.5, 0.6) is 0 Å². The molecule has 0 heterocycles. The summed E-state index contributed by atoms with van der Waals surface area (Å²) >= 11 is 0. The van der Waals surface area contributed by atoms with Gasteiger partial charge in [0.25, 0.3) is 0 Å². The lowest BCUT2D eigenvalue weighted by atomic mass is 10.2. The Morgan fingerprint density at radius 3 is 2.30 bits per heavy atom. The molecule has 2 aromatic rings. The molecule has 0 fully saturated rings. The van der Waals surface area contributed by atoms with Crippen LogP contribution in [0.2, 0.25) is 0 Å². The van der Waals surface area contributed by atoms with E-state index in [0.29, 0.717) is 11.3 Å². The number of benzene rings is 2. The van der Waals surface area contributed by atoms with E-state index in [1.165, 1.54) is 0 Å². The fourth-order valence-electron chi connectivity index (χ4n) is 1.75. The smallest absolute Gasteiger partial charge is 0.323 e. The molecule has 0 saturated heterocycles. The van der Waals surface area contributed by atoms with Crippen LogP contribution in [-0.2, 0) is 0 Å². The Morgan fingerprint density at radius 2 is 1.70 bits per heavy atom. The number of hydrogen-bond acceptors (Lipinski definition) is 2. The predicted molar refractivity (Wildman–Crippen MR) is 81.3 cm³/mol. The van der Waals surface area contributed by atoms with Crippen LogP contribution in [0.4, 0.5) is 16.2 Å². The highest BCUT2D eigenvalue weighted by atomic mass is 16.2. The van der Waals surface area contributed by atoms with E-state index in [1.807, 2.05) is 31.2 Å². The standard InChI is InChI=1S/C15H16N4O/c1-10-3-2-4-13(9-10)19-15(20)18-12-7-5-11(6-8-12)14(16)17/h2-9H,1H3,(H3,16,17)(H2,18,19,20). The third-order valence-corrected chi connectivity index (χ3v) is 2.73. The maximum atomic E-state index is 11.8. The summed E-state index contributed by atoms with van der Waals surface area (Å²) in [6, 6.07) is 14.0. The number of anilines is 2. The van der Waals surface area contributed by atoms with Gasteiger partial charge in [0.15, 0.2) is 0 Å². The maximum absolute atomic E-state index is 11.8.